The Hall–Kier alpha value is -3.94. The lowest BCUT2D eigenvalue weighted by Gasteiger charge is -2.29. The summed E-state index contributed by atoms with van der Waals surface area (Å²) in [6.45, 7) is 0. The third-order valence-electron chi connectivity index (χ3n) is 7.83. The lowest BCUT2D eigenvalue weighted by Crippen LogP contribution is -2.53. The number of aromatic amines is 1. The standard InChI is InChI=1S/C28H21ClN4O3/c29-19-11-6-10-18-24(19)31-27(36)28(18)23-22(25(34)33(26(23)35)16-7-2-1-3-8-16)21(32-28)13-15-14-30-20-12-5-4-9-17(15)20/h1-12,14,21-23,30,32H,13H2,(H,31,36)/t21-,22+,23-,28+/m0/s1. The van der Waals surface area contributed by atoms with Crippen LogP contribution in [-0.4, -0.2) is 28.7 Å². The van der Waals surface area contributed by atoms with Gasteiger partial charge in [0, 0.05) is 28.7 Å². The highest BCUT2D eigenvalue weighted by Gasteiger charge is 2.70. The number of H-pyrrole nitrogens is 1. The number of fused-ring (bicyclic) bond motifs is 5. The van der Waals surface area contributed by atoms with Crippen LogP contribution in [0.3, 0.4) is 0 Å². The van der Waals surface area contributed by atoms with E-state index in [0.29, 0.717) is 28.4 Å². The Morgan fingerprint density at radius 2 is 1.67 bits per heavy atom. The van der Waals surface area contributed by atoms with Gasteiger partial charge in [-0.1, -0.05) is 60.1 Å². The summed E-state index contributed by atoms with van der Waals surface area (Å²) in [6.07, 6.45) is 2.40. The van der Waals surface area contributed by atoms with Crippen LogP contribution in [0.2, 0.25) is 5.02 Å². The Kier molecular flexibility index (Phi) is 4.46. The molecular formula is C28H21ClN4O3. The van der Waals surface area contributed by atoms with Gasteiger partial charge in [0.15, 0.2) is 0 Å². The molecule has 36 heavy (non-hydrogen) atoms. The minimum absolute atomic E-state index is 0.298. The lowest BCUT2D eigenvalue weighted by molar-refractivity contribution is -0.130. The summed E-state index contributed by atoms with van der Waals surface area (Å²) in [5, 5.41) is 7.82. The molecule has 0 bridgehead atoms. The maximum Gasteiger partial charge on any atom is 0.250 e. The van der Waals surface area contributed by atoms with Crippen molar-refractivity contribution < 1.29 is 14.4 Å². The molecule has 0 unspecified atom stereocenters. The van der Waals surface area contributed by atoms with Crippen molar-refractivity contribution in [3.8, 4) is 0 Å². The predicted octanol–water partition coefficient (Wildman–Crippen LogP) is 3.99. The molecular weight excluding hydrogens is 476 g/mol. The first-order valence-electron chi connectivity index (χ1n) is 11.9. The largest absolute Gasteiger partial charge is 0.361 e. The van der Waals surface area contributed by atoms with Crippen molar-refractivity contribution >= 4 is 51.6 Å². The number of para-hydroxylation sites is 3. The zero-order valence-electron chi connectivity index (χ0n) is 19.0. The van der Waals surface area contributed by atoms with Crippen LogP contribution in [-0.2, 0) is 26.3 Å². The summed E-state index contributed by atoms with van der Waals surface area (Å²) in [5.74, 6) is -2.66. The van der Waals surface area contributed by atoms with Gasteiger partial charge in [-0.2, -0.15) is 0 Å². The summed E-state index contributed by atoms with van der Waals surface area (Å²) in [5.41, 5.74) is 2.22. The number of anilines is 2. The Morgan fingerprint density at radius 1 is 0.889 bits per heavy atom. The van der Waals surface area contributed by atoms with Gasteiger partial charge in [-0.05, 0) is 36.2 Å². The van der Waals surface area contributed by atoms with Gasteiger partial charge in [0.05, 0.1) is 28.2 Å². The Bertz CT molecular complexity index is 1580. The zero-order valence-corrected chi connectivity index (χ0v) is 19.8. The molecule has 7 rings (SSSR count). The second-order valence-corrected chi connectivity index (χ2v) is 10.00. The highest BCUT2D eigenvalue weighted by Crippen LogP contribution is 2.55. The number of carbonyl (C=O) groups excluding carboxylic acids is 3. The maximum atomic E-state index is 14.0. The van der Waals surface area contributed by atoms with E-state index in [-0.39, 0.29) is 17.7 Å². The zero-order chi connectivity index (χ0) is 24.6. The highest BCUT2D eigenvalue weighted by molar-refractivity contribution is 6.35. The van der Waals surface area contributed by atoms with E-state index in [1.54, 1.807) is 42.5 Å². The first kappa shape index (κ1) is 21.4. The van der Waals surface area contributed by atoms with Gasteiger partial charge in [0.1, 0.15) is 5.54 Å². The molecule has 4 aromatic rings. The fourth-order valence-corrected chi connectivity index (χ4v) is 6.56. The van der Waals surface area contributed by atoms with Crippen molar-refractivity contribution in [1.82, 2.24) is 10.3 Å². The smallest absolute Gasteiger partial charge is 0.250 e. The van der Waals surface area contributed by atoms with Crippen molar-refractivity contribution in [2.75, 3.05) is 10.2 Å². The maximum absolute atomic E-state index is 14.0. The molecule has 3 N–H and O–H groups in total. The third-order valence-corrected chi connectivity index (χ3v) is 8.14. The number of aromatic nitrogens is 1. The second-order valence-electron chi connectivity index (χ2n) is 9.59. The van der Waals surface area contributed by atoms with E-state index in [4.69, 9.17) is 11.6 Å². The van der Waals surface area contributed by atoms with Crippen LogP contribution < -0.4 is 15.5 Å². The number of rotatable bonds is 3. The third kappa shape index (κ3) is 2.69. The van der Waals surface area contributed by atoms with E-state index in [9.17, 15) is 14.4 Å². The molecule has 2 fully saturated rings. The molecule has 178 valence electrons. The summed E-state index contributed by atoms with van der Waals surface area (Å²) in [4.78, 5) is 46.1. The monoisotopic (exact) mass is 496 g/mol. The van der Waals surface area contributed by atoms with E-state index < -0.39 is 23.4 Å². The van der Waals surface area contributed by atoms with E-state index in [1.165, 1.54) is 4.90 Å². The molecule has 3 aromatic carbocycles. The topological polar surface area (TPSA) is 94.3 Å². The van der Waals surface area contributed by atoms with Gasteiger partial charge in [-0.3, -0.25) is 19.7 Å². The van der Waals surface area contributed by atoms with E-state index in [0.717, 1.165) is 16.5 Å². The SMILES string of the molecule is O=C1[C@@H]2[C@H](Cc3c[nH]c4ccccc34)N[C@@]3(C(=O)Nc4c(Cl)cccc43)[C@@H]2C(=O)N1c1ccccc1. The molecule has 2 saturated heterocycles. The van der Waals surface area contributed by atoms with Crippen LogP contribution in [0.1, 0.15) is 11.1 Å². The van der Waals surface area contributed by atoms with Crippen molar-refractivity contribution in [1.29, 1.82) is 0 Å². The van der Waals surface area contributed by atoms with Gasteiger partial charge in [-0.25, -0.2) is 4.90 Å². The number of hydrogen-bond acceptors (Lipinski definition) is 4. The molecule has 7 nitrogen and oxygen atoms in total. The minimum atomic E-state index is -1.39. The van der Waals surface area contributed by atoms with E-state index in [2.05, 4.69) is 15.6 Å². The van der Waals surface area contributed by atoms with Crippen LogP contribution in [0.5, 0.6) is 0 Å². The van der Waals surface area contributed by atoms with Gasteiger partial charge < -0.3 is 10.3 Å². The molecule has 3 aliphatic rings. The molecule has 8 heteroatoms. The van der Waals surface area contributed by atoms with Crippen LogP contribution in [0, 0.1) is 11.8 Å². The average Bonchev–Trinajstić information content (AvgIpc) is 3.60. The van der Waals surface area contributed by atoms with Crippen LogP contribution in [0.4, 0.5) is 11.4 Å². The molecule has 3 amide bonds. The fourth-order valence-electron chi connectivity index (χ4n) is 6.34. The van der Waals surface area contributed by atoms with Gasteiger partial charge in [0.25, 0.3) is 0 Å². The van der Waals surface area contributed by atoms with Crippen LogP contribution >= 0.6 is 11.6 Å². The molecule has 0 saturated carbocycles. The van der Waals surface area contributed by atoms with Crippen LogP contribution in [0.25, 0.3) is 10.9 Å². The summed E-state index contributed by atoms with van der Waals surface area (Å²) in [7, 11) is 0. The van der Waals surface area contributed by atoms with Gasteiger partial charge in [0.2, 0.25) is 17.7 Å². The number of nitrogens with zero attached hydrogens (tertiary/aromatic N) is 1. The molecule has 4 heterocycles. The van der Waals surface area contributed by atoms with Crippen molar-refractivity contribution in [3.63, 3.8) is 0 Å². The minimum Gasteiger partial charge on any atom is -0.361 e. The number of hydrogen-bond donors (Lipinski definition) is 3. The number of benzene rings is 3. The van der Waals surface area contributed by atoms with Crippen molar-refractivity contribution in [2.45, 2.75) is 18.0 Å². The first-order valence-corrected chi connectivity index (χ1v) is 12.2. The van der Waals surface area contributed by atoms with E-state index >= 15 is 0 Å². The second kappa shape index (κ2) is 7.53. The molecule has 4 atom stereocenters. The number of imide groups is 1. The molecule has 0 radical (unpaired) electrons. The number of amides is 3. The molecule has 1 spiro atoms. The molecule has 0 aliphatic carbocycles. The van der Waals surface area contributed by atoms with Crippen LogP contribution in [0.15, 0.2) is 79.0 Å². The first-order chi connectivity index (χ1) is 17.5. The lowest BCUT2D eigenvalue weighted by atomic mass is 9.76. The van der Waals surface area contributed by atoms with Crippen molar-refractivity contribution in [3.05, 3.63) is 95.1 Å². The van der Waals surface area contributed by atoms with E-state index in [1.807, 2.05) is 36.5 Å². The molecule has 1 aromatic heterocycles. The van der Waals surface area contributed by atoms with Gasteiger partial charge in [-0.15, -0.1) is 0 Å². The summed E-state index contributed by atoms with van der Waals surface area (Å²) in [6, 6.07) is 21.7. The highest BCUT2D eigenvalue weighted by atomic mass is 35.5. The number of nitrogens with one attached hydrogen (secondary N) is 3. The normalized spacial score (nSPS) is 26.6. The van der Waals surface area contributed by atoms with Gasteiger partial charge >= 0.3 is 0 Å². The molecule has 3 aliphatic heterocycles. The number of carbonyl (C=O) groups is 3. The average molecular weight is 497 g/mol. The number of halogens is 1. The quantitative estimate of drug-likeness (QED) is 0.374. The fraction of sp³-hybridized carbons (Fsp3) is 0.179. The summed E-state index contributed by atoms with van der Waals surface area (Å²) >= 11 is 6.44. The predicted molar refractivity (Wildman–Crippen MR) is 137 cm³/mol. The Labute approximate surface area is 211 Å². The summed E-state index contributed by atoms with van der Waals surface area (Å²) < 4.78 is 0. The van der Waals surface area contributed by atoms with Crippen molar-refractivity contribution in [2.24, 2.45) is 11.8 Å². The Balaban J connectivity index is 1.39. The Morgan fingerprint density at radius 3 is 2.50 bits per heavy atom.